The van der Waals surface area contributed by atoms with Crippen LogP contribution in [0.3, 0.4) is 0 Å². The average Bonchev–Trinajstić information content (AvgIpc) is 2.88. The quantitative estimate of drug-likeness (QED) is 0.741. The maximum atomic E-state index is 13.6. The Labute approximate surface area is 122 Å². The van der Waals surface area contributed by atoms with Gasteiger partial charge in [-0.05, 0) is 6.07 Å². The molecule has 0 unspecified atom stereocenters. The number of H-pyrrole nitrogens is 1. The lowest BCUT2D eigenvalue weighted by Gasteiger charge is -2.07. The van der Waals surface area contributed by atoms with Crippen molar-refractivity contribution in [2.45, 2.75) is 6.42 Å². The summed E-state index contributed by atoms with van der Waals surface area (Å²) in [6.07, 6.45) is 1.60. The largest absolute Gasteiger partial charge is 0.272 e. The Kier molecular flexibility index (Phi) is 3.45. The maximum Gasteiger partial charge on any atom is 0.272 e. The van der Waals surface area contributed by atoms with Gasteiger partial charge in [-0.25, -0.2) is 19.5 Å². The number of hydrogen-bond acceptors (Lipinski definition) is 5. The lowest BCUT2D eigenvalue weighted by molar-refractivity contribution is 0.629. The van der Waals surface area contributed by atoms with E-state index in [-0.39, 0.29) is 29.3 Å². The van der Waals surface area contributed by atoms with Crippen LogP contribution in [0, 0.1) is 5.82 Å². The highest BCUT2D eigenvalue weighted by molar-refractivity contribution is 5.94. The number of halogens is 2. The minimum absolute atomic E-state index is 0.00623. The molecule has 0 aliphatic rings. The molecule has 112 valence electrons. The van der Waals surface area contributed by atoms with E-state index in [4.69, 9.17) is 0 Å². The first-order valence-electron chi connectivity index (χ1n) is 6.26. The second-order valence-corrected chi connectivity index (χ2v) is 4.55. The topological polar surface area (TPSA) is 88.8 Å². The molecule has 0 aliphatic heterocycles. The van der Waals surface area contributed by atoms with E-state index >= 15 is 0 Å². The summed E-state index contributed by atoms with van der Waals surface area (Å²) in [5.41, 5.74) is -0.189. The second-order valence-electron chi connectivity index (χ2n) is 4.55. The molecule has 2 aromatic heterocycles. The van der Waals surface area contributed by atoms with Crippen LogP contribution < -0.4 is 5.56 Å². The zero-order valence-corrected chi connectivity index (χ0v) is 11.4. The summed E-state index contributed by atoms with van der Waals surface area (Å²) in [5, 5.41) is 10.5. The van der Waals surface area contributed by atoms with Crippen molar-refractivity contribution in [1.29, 1.82) is 0 Å². The van der Waals surface area contributed by atoms with Crippen molar-refractivity contribution in [3.63, 3.8) is 0 Å². The zero-order chi connectivity index (χ0) is 15.7. The van der Waals surface area contributed by atoms with Gasteiger partial charge in [-0.2, -0.15) is 14.6 Å². The van der Waals surface area contributed by atoms with Crippen LogP contribution in [-0.4, -0.2) is 31.4 Å². The van der Waals surface area contributed by atoms with Gasteiger partial charge in [0.15, 0.2) is 6.47 Å². The average molecular weight is 304 g/mol. The van der Waals surface area contributed by atoms with Crippen molar-refractivity contribution >= 4 is 22.9 Å². The molecule has 0 amide bonds. The van der Waals surface area contributed by atoms with Crippen molar-refractivity contribution in [2.75, 3.05) is 0 Å². The van der Waals surface area contributed by atoms with Crippen molar-refractivity contribution in [1.82, 2.24) is 25.0 Å². The molecule has 2 heterocycles. The molecule has 9 heteroatoms. The van der Waals surface area contributed by atoms with Crippen molar-refractivity contribution in [2.24, 2.45) is 12.0 Å². The normalized spacial score (nSPS) is 11.6. The molecule has 1 aromatic carbocycles. The van der Waals surface area contributed by atoms with Crippen LogP contribution >= 0.6 is 0 Å². The third kappa shape index (κ3) is 2.36. The van der Waals surface area contributed by atoms with Crippen LogP contribution in [0.15, 0.2) is 28.2 Å². The van der Waals surface area contributed by atoms with Crippen LogP contribution in [0.2, 0.25) is 0 Å². The predicted molar refractivity (Wildman–Crippen MR) is 75.4 cm³/mol. The van der Waals surface area contributed by atoms with Gasteiger partial charge in [-0.1, -0.05) is 0 Å². The third-order valence-electron chi connectivity index (χ3n) is 3.23. The Morgan fingerprint density at radius 2 is 2.27 bits per heavy atom. The molecule has 7 nitrogen and oxygen atoms in total. The number of benzene rings is 1. The highest BCUT2D eigenvalue weighted by atomic mass is 19.1. The summed E-state index contributed by atoms with van der Waals surface area (Å²) in [5.74, 6) is -0.102. The monoisotopic (exact) mass is 304 g/mol. The number of aliphatic imine (C=N–C) groups is 1. The van der Waals surface area contributed by atoms with Gasteiger partial charge in [-0.3, -0.25) is 9.48 Å². The molecule has 0 saturated carbocycles. The van der Waals surface area contributed by atoms with Crippen LogP contribution in [0.4, 0.5) is 14.5 Å². The van der Waals surface area contributed by atoms with Crippen LogP contribution in [0.25, 0.3) is 10.8 Å². The molecular formula is C13H10F2N6O. The van der Waals surface area contributed by atoms with Crippen molar-refractivity contribution in [3.8, 4) is 0 Å². The minimum Gasteiger partial charge on any atom is -0.267 e. The molecule has 3 aromatic rings. The van der Waals surface area contributed by atoms with E-state index in [0.717, 1.165) is 12.1 Å². The Morgan fingerprint density at radius 3 is 2.95 bits per heavy atom. The molecule has 0 fully saturated rings. The van der Waals surface area contributed by atoms with Crippen molar-refractivity contribution < 1.29 is 8.78 Å². The summed E-state index contributed by atoms with van der Waals surface area (Å²) in [7, 11) is 1.70. The summed E-state index contributed by atoms with van der Waals surface area (Å²) in [6.45, 7) is 0.0432. The van der Waals surface area contributed by atoms with Crippen LogP contribution in [0.1, 0.15) is 11.5 Å². The zero-order valence-electron chi connectivity index (χ0n) is 11.4. The molecule has 0 saturated heterocycles. The lowest BCUT2D eigenvalue weighted by Crippen LogP contribution is -2.13. The van der Waals surface area contributed by atoms with Gasteiger partial charge in [0.05, 0.1) is 23.2 Å². The number of aromatic nitrogens is 5. The summed E-state index contributed by atoms with van der Waals surface area (Å²) >= 11 is 0. The molecule has 22 heavy (non-hydrogen) atoms. The number of nitrogens with zero attached hydrogens (tertiary/aromatic N) is 5. The fraction of sp³-hybridized carbons (Fsp3) is 0.154. The minimum atomic E-state index is -0.686. The molecule has 1 N–H and O–H groups in total. The van der Waals surface area contributed by atoms with E-state index < -0.39 is 11.4 Å². The lowest BCUT2D eigenvalue weighted by atomic mass is 10.1. The summed E-state index contributed by atoms with van der Waals surface area (Å²) in [4.78, 5) is 19.4. The number of fused-ring (bicyclic) bond motifs is 1. The molecule has 0 aliphatic carbocycles. The number of aryl methyl sites for hydroxylation is 1. The third-order valence-corrected chi connectivity index (χ3v) is 3.23. The molecule has 0 radical (unpaired) electrons. The standard InChI is InChI=1S/C13H10F2N6O/c1-21-11(17-6-18-21)4-10-12-8(13(22)20-19-10)2-7(15)3-9(12)16-5-14/h2-3,5-6H,4H2,1H3,(H,20,22)/b16-5+. The molecule has 0 spiro atoms. The number of rotatable bonds is 3. The fourth-order valence-corrected chi connectivity index (χ4v) is 2.22. The van der Waals surface area contributed by atoms with Gasteiger partial charge in [-0.15, -0.1) is 0 Å². The highest BCUT2D eigenvalue weighted by Crippen LogP contribution is 2.28. The molecule has 0 atom stereocenters. The highest BCUT2D eigenvalue weighted by Gasteiger charge is 2.15. The van der Waals surface area contributed by atoms with Crippen LogP contribution in [0.5, 0.6) is 0 Å². The van der Waals surface area contributed by atoms with E-state index in [1.54, 1.807) is 11.7 Å². The van der Waals surface area contributed by atoms with Gasteiger partial charge in [0.2, 0.25) is 0 Å². The van der Waals surface area contributed by atoms with Crippen molar-refractivity contribution in [3.05, 3.63) is 46.1 Å². The van der Waals surface area contributed by atoms with Gasteiger partial charge in [0.25, 0.3) is 5.56 Å². The van der Waals surface area contributed by atoms with Gasteiger partial charge in [0, 0.05) is 18.5 Å². The fourth-order valence-electron chi connectivity index (χ4n) is 2.22. The second kappa shape index (κ2) is 5.43. The van der Waals surface area contributed by atoms with Gasteiger partial charge in [0.1, 0.15) is 18.0 Å². The van der Waals surface area contributed by atoms with E-state index in [1.165, 1.54) is 6.33 Å². The van der Waals surface area contributed by atoms with E-state index in [1.807, 2.05) is 0 Å². The number of aromatic amines is 1. The predicted octanol–water partition coefficient (Wildman–Crippen LogP) is 1.41. The van der Waals surface area contributed by atoms with E-state index in [0.29, 0.717) is 11.5 Å². The summed E-state index contributed by atoms with van der Waals surface area (Å²) in [6, 6.07) is 2.10. The Balaban J connectivity index is 2.29. The Hall–Kier alpha value is -2.97. The number of hydrogen-bond donors (Lipinski definition) is 1. The summed E-state index contributed by atoms with van der Waals surface area (Å²) < 4.78 is 27.6. The first-order valence-corrected chi connectivity index (χ1v) is 6.26. The number of nitrogens with one attached hydrogen (secondary N) is 1. The van der Waals surface area contributed by atoms with Gasteiger partial charge >= 0.3 is 0 Å². The molecular weight excluding hydrogens is 294 g/mol. The molecule has 3 rings (SSSR count). The molecule has 0 bridgehead atoms. The maximum absolute atomic E-state index is 13.6. The van der Waals surface area contributed by atoms with Gasteiger partial charge < -0.3 is 0 Å². The Bertz CT molecular complexity index is 930. The first-order chi connectivity index (χ1) is 10.6. The smallest absolute Gasteiger partial charge is 0.267 e. The van der Waals surface area contributed by atoms with E-state index in [9.17, 15) is 13.6 Å². The SMILES string of the molecule is Cn1ncnc1Cc1n[nH]c(=O)c2cc(F)cc(/N=C/F)c12. The first kappa shape index (κ1) is 14.0. The van der Waals surface area contributed by atoms with E-state index in [2.05, 4.69) is 25.3 Å². The van der Waals surface area contributed by atoms with Crippen LogP contribution in [-0.2, 0) is 13.5 Å². The Morgan fingerprint density at radius 1 is 1.45 bits per heavy atom.